The van der Waals surface area contributed by atoms with Crippen LogP contribution in [0.2, 0.25) is 0 Å². The first-order chi connectivity index (χ1) is 8.96. The van der Waals surface area contributed by atoms with Gasteiger partial charge in [0, 0.05) is 6.04 Å². The molecule has 2 atom stereocenters. The summed E-state index contributed by atoms with van der Waals surface area (Å²) in [5, 5.41) is 0. The zero-order chi connectivity index (χ0) is 15.7. The summed E-state index contributed by atoms with van der Waals surface area (Å²) in [5.74, 6) is -0.223. The molecule has 1 aromatic carbocycles. The first-order valence-electron chi connectivity index (χ1n) is 6.01. The van der Waals surface area contributed by atoms with Crippen molar-refractivity contribution in [2.45, 2.75) is 38.7 Å². The van der Waals surface area contributed by atoms with Crippen molar-refractivity contribution < 1.29 is 26.3 Å². The molecule has 0 saturated carbocycles. The largest absolute Gasteiger partial charge is 0.416 e. The van der Waals surface area contributed by atoms with Crippen LogP contribution in [0.15, 0.2) is 18.2 Å². The molecular weight excluding hydrogens is 284 g/mol. The Labute approximate surface area is 112 Å². The molecule has 0 aliphatic rings. The predicted octanol–water partition coefficient (Wildman–Crippen LogP) is 4.77. The van der Waals surface area contributed by atoms with E-state index in [0.29, 0.717) is 18.6 Å². The Kier molecular flexibility index (Phi) is 4.74. The summed E-state index contributed by atoms with van der Waals surface area (Å²) in [7, 11) is 0. The van der Waals surface area contributed by atoms with E-state index in [0.717, 1.165) is 0 Å². The number of benzene rings is 1. The molecule has 0 bridgehead atoms. The van der Waals surface area contributed by atoms with Gasteiger partial charge in [-0.1, -0.05) is 20.3 Å². The van der Waals surface area contributed by atoms with Gasteiger partial charge < -0.3 is 5.73 Å². The molecule has 0 saturated heterocycles. The first-order valence-corrected chi connectivity index (χ1v) is 6.01. The Balaban J connectivity index is 3.38. The molecule has 20 heavy (non-hydrogen) atoms. The number of rotatable bonds is 3. The van der Waals surface area contributed by atoms with Gasteiger partial charge in [0.2, 0.25) is 0 Å². The molecule has 0 aliphatic heterocycles. The molecule has 0 fully saturated rings. The summed E-state index contributed by atoms with van der Waals surface area (Å²) in [4.78, 5) is 0. The molecular formula is C13H15F6N. The van der Waals surface area contributed by atoms with Gasteiger partial charge in [-0.2, -0.15) is 26.3 Å². The SMILES string of the molecule is CCC(C)[C@@H](N)c1cc(C(F)(F)F)cc(C(F)(F)F)c1. The van der Waals surface area contributed by atoms with Gasteiger partial charge in [-0.05, 0) is 29.7 Å². The van der Waals surface area contributed by atoms with E-state index in [-0.39, 0.29) is 17.5 Å². The Morgan fingerprint density at radius 2 is 1.35 bits per heavy atom. The number of alkyl halides is 6. The first kappa shape index (κ1) is 16.8. The monoisotopic (exact) mass is 299 g/mol. The summed E-state index contributed by atoms with van der Waals surface area (Å²) < 4.78 is 76.0. The third-order valence-corrected chi connectivity index (χ3v) is 3.25. The van der Waals surface area contributed by atoms with Gasteiger partial charge in [0.1, 0.15) is 0 Å². The molecule has 1 unspecified atom stereocenters. The highest BCUT2D eigenvalue weighted by atomic mass is 19.4. The standard InChI is InChI=1S/C13H15F6N/c1-3-7(2)11(20)8-4-9(12(14,15)16)6-10(5-8)13(17,18)19/h4-7,11H,3,20H2,1-2H3/t7?,11-/m1/s1. The Morgan fingerprint density at radius 3 is 1.65 bits per heavy atom. The summed E-state index contributed by atoms with van der Waals surface area (Å²) in [6.45, 7) is 3.45. The van der Waals surface area contributed by atoms with E-state index in [4.69, 9.17) is 5.73 Å². The predicted molar refractivity (Wildman–Crippen MR) is 62.8 cm³/mol. The van der Waals surface area contributed by atoms with Gasteiger partial charge in [0.05, 0.1) is 11.1 Å². The highest BCUT2D eigenvalue weighted by Crippen LogP contribution is 2.38. The molecule has 0 spiro atoms. The number of hydrogen-bond acceptors (Lipinski definition) is 1. The highest BCUT2D eigenvalue weighted by Gasteiger charge is 2.37. The zero-order valence-electron chi connectivity index (χ0n) is 10.9. The third-order valence-electron chi connectivity index (χ3n) is 3.25. The van der Waals surface area contributed by atoms with Crippen LogP contribution in [-0.2, 0) is 12.4 Å². The normalized spacial score (nSPS) is 16.1. The molecule has 114 valence electrons. The topological polar surface area (TPSA) is 26.0 Å². The van der Waals surface area contributed by atoms with Crippen LogP contribution in [0.5, 0.6) is 0 Å². The maximum atomic E-state index is 12.7. The number of halogens is 6. The van der Waals surface area contributed by atoms with Crippen LogP contribution < -0.4 is 5.73 Å². The van der Waals surface area contributed by atoms with Crippen molar-refractivity contribution in [3.8, 4) is 0 Å². The molecule has 7 heteroatoms. The van der Waals surface area contributed by atoms with Crippen molar-refractivity contribution in [3.05, 3.63) is 34.9 Å². The fourth-order valence-electron chi connectivity index (χ4n) is 1.75. The Morgan fingerprint density at radius 1 is 0.950 bits per heavy atom. The minimum atomic E-state index is -4.84. The van der Waals surface area contributed by atoms with E-state index >= 15 is 0 Å². The van der Waals surface area contributed by atoms with Gasteiger partial charge in [0.15, 0.2) is 0 Å². The van der Waals surface area contributed by atoms with E-state index in [9.17, 15) is 26.3 Å². The van der Waals surface area contributed by atoms with Gasteiger partial charge >= 0.3 is 12.4 Å². The fraction of sp³-hybridized carbons (Fsp3) is 0.538. The van der Waals surface area contributed by atoms with Crippen LogP contribution in [0.1, 0.15) is 43.0 Å². The Bertz CT molecular complexity index is 431. The minimum absolute atomic E-state index is 0.104. The lowest BCUT2D eigenvalue weighted by atomic mass is 9.91. The quantitative estimate of drug-likeness (QED) is 0.799. The molecule has 1 nitrogen and oxygen atoms in total. The summed E-state index contributed by atoms with van der Waals surface area (Å²) >= 11 is 0. The lowest BCUT2D eigenvalue weighted by Crippen LogP contribution is -2.21. The summed E-state index contributed by atoms with van der Waals surface area (Å²) in [6, 6.07) is 0.605. The molecule has 2 N–H and O–H groups in total. The highest BCUT2D eigenvalue weighted by molar-refractivity contribution is 5.35. The van der Waals surface area contributed by atoms with E-state index in [1.165, 1.54) is 0 Å². The van der Waals surface area contributed by atoms with Crippen molar-refractivity contribution in [1.29, 1.82) is 0 Å². The molecule has 0 radical (unpaired) electrons. The van der Waals surface area contributed by atoms with Gasteiger partial charge in [-0.3, -0.25) is 0 Å². The zero-order valence-corrected chi connectivity index (χ0v) is 10.9. The number of nitrogens with two attached hydrogens (primary N) is 1. The minimum Gasteiger partial charge on any atom is -0.324 e. The average molecular weight is 299 g/mol. The third kappa shape index (κ3) is 3.88. The molecule has 0 amide bonds. The van der Waals surface area contributed by atoms with Crippen LogP contribution in [-0.4, -0.2) is 0 Å². The van der Waals surface area contributed by atoms with Crippen LogP contribution >= 0.6 is 0 Å². The lowest BCUT2D eigenvalue weighted by Gasteiger charge is -2.21. The Hall–Kier alpha value is -1.24. The van der Waals surface area contributed by atoms with Crippen LogP contribution in [0, 0.1) is 5.92 Å². The van der Waals surface area contributed by atoms with Crippen molar-refractivity contribution in [3.63, 3.8) is 0 Å². The van der Waals surface area contributed by atoms with Crippen molar-refractivity contribution in [2.75, 3.05) is 0 Å². The number of hydrogen-bond donors (Lipinski definition) is 1. The van der Waals surface area contributed by atoms with E-state index < -0.39 is 29.5 Å². The smallest absolute Gasteiger partial charge is 0.324 e. The van der Waals surface area contributed by atoms with Crippen molar-refractivity contribution in [1.82, 2.24) is 0 Å². The summed E-state index contributed by atoms with van der Waals surface area (Å²) in [5.41, 5.74) is 2.92. The van der Waals surface area contributed by atoms with E-state index in [1.807, 2.05) is 0 Å². The van der Waals surface area contributed by atoms with Crippen molar-refractivity contribution in [2.24, 2.45) is 11.7 Å². The van der Waals surface area contributed by atoms with Gasteiger partial charge in [-0.25, -0.2) is 0 Å². The fourth-order valence-corrected chi connectivity index (χ4v) is 1.75. The maximum Gasteiger partial charge on any atom is 0.416 e. The van der Waals surface area contributed by atoms with Gasteiger partial charge in [-0.15, -0.1) is 0 Å². The molecule has 1 rings (SSSR count). The lowest BCUT2D eigenvalue weighted by molar-refractivity contribution is -0.143. The molecule has 0 heterocycles. The van der Waals surface area contributed by atoms with Crippen LogP contribution in [0.4, 0.5) is 26.3 Å². The molecule has 1 aromatic rings. The van der Waals surface area contributed by atoms with Crippen LogP contribution in [0.25, 0.3) is 0 Å². The van der Waals surface area contributed by atoms with Gasteiger partial charge in [0.25, 0.3) is 0 Å². The van der Waals surface area contributed by atoms with E-state index in [2.05, 4.69) is 0 Å². The second-order valence-electron chi connectivity index (χ2n) is 4.75. The average Bonchev–Trinajstić information content (AvgIpc) is 2.34. The van der Waals surface area contributed by atoms with E-state index in [1.54, 1.807) is 13.8 Å². The second-order valence-corrected chi connectivity index (χ2v) is 4.75. The second kappa shape index (κ2) is 5.63. The summed E-state index contributed by atoms with van der Waals surface area (Å²) in [6.07, 6.45) is -9.13. The molecule has 0 aliphatic carbocycles. The van der Waals surface area contributed by atoms with Crippen LogP contribution in [0.3, 0.4) is 0 Å². The molecule has 0 aromatic heterocycles. The van der Waals surface area contributed by atoms with Crippen molar-refractivity contribution >= 4 is 0 Å². The maximum absolute atomic E-state index is 12.7.